The van der Waals surface area contributed by atoms with E-state index in [1.165, 1.54) is 11.3 Å². The van der Waals surface area contributed by atoms with Crippen LogP contribution >= 0.6 is 11.3 Å². The minimum Gasteiger partial charge on any atom is -0.381 e. The molecule has 0 aliphatic carbocycles. The second kappa shape index (κ2) is 5.38. The van der Waals surface area contributed by atoms with E-state index in [2.05, 4.69) is 4.98 Å². The number of anilines is 1. The van der Waals surface area contributed by atoms with Gasteiger partial charge in [0.15, 0.2) is 5.13 Å². The minimum atomic E-state index is 0.0470. The fourth-order valence-electron chi connectivity index (χ4n) is 2.52. The molecule has 1 saturated heterocycles. The average Bonchev–Trinajstić information content (AvgIpc) is 2.85. The first-order valence-corrected chi connectivity index (χ1v) is 7.48. The third-order valence-corrected chi connectivity index (χ3v) is 4.56. The van der Waals surface area contributed by atoms with Crippen molar-refractivity contribution in [2.75, 3.05) is 26.0 Å². The molecule has 2 heterocycles. The van der Waals surface area contributed by atoms with Crippen LogP contribution < -0.4 is 5.73 Å². The van der Waals surface area contributed by atoms with Gasteiger partial charge in [0.05, 0.1) is 10.2 Å². The third kappa shape index (κ3) is 2.48. The van der Waals surface area contributed by atoms with Crippen LogP contribution in [0.3, 0.4) is 0 Å². The Balaban J connectivity index is 1.83. The highest BCUT2D eigenvalue weighted by molar-refractivity contribution is 7.22. The molecule has 0 atom stereocenters. The van der Waals surface area contributed by atoms with Crippen LogP contribution in [-0.4, -0.2) is 42.1 Å². The molecule has 0 spiro atoms. The van der Waals surface area contributed by atoms with Gasteiger partial charge in [-0.2, -0.15) is 0 Å². The molecule has 2 N–H and O–H groups in total. The van der Waals surface area contributed by atoms with Crippen LogP contribution in [0.2, 0.25) is 0 Å². The molecule has 1 amide bonds. The van der Waals surface area contributed by atoms with Crippen molar-refractivity contribution in [1.82, 2.24) is 9.88 Å². The van der Waals surface area contributed by atoms with Gasteiger partial charge in [0.2, 0.25) is 0 Å². The Morgan fingerprint density at radius 1 is 1.45 bits per heavy atom. The molecule has 1 aromatic carbocycles. The second-order valence-electron chi connectivity index (χ2n) is 4.99. The molecule has 0 bridgehead atoms. The number of aromatic nitrogens is 1. The van der Waals surface area contributed by atoms with Gasteiger partial charge in [-0.1, -0.05) is 11.3 Å². The Kier molecular flexibility index (Phi) is 3.58. The quantitative estimate of drug-likeness (QED) is 0.920. The number of rotatable bonds is 2. The standard InChI is InChI=1S/C14H17N3O2S/c1-17(10-4-6-19-7-5-10)13(18)9-2-3-11-12(8-9)20-14(15)16-11/h2-3,8,10H,4-7H2,1H3,(H2,15,16). The Morgan fingerprint density at radius 3 is 2.95 bits per heavy atom. The van der Waals surface area contributed by atoms with E-state index in [-0.39, 0.29) is 11.9 Å². The van der Waals surface area contributed by atoms with Crippen LogP contribution in [0.1, 0.15) is 23.2 Å². The number of nitrogens with zero attached hydrogens (tertiary/aromatic N) is 2. The molecule has 1 aliphatic heterocycles. The number of benzene rings is 1. The highest BCUT2D eigenvalue weighted by Gasteiger charge is 2.23. The van der Waals surface area contributed by atoms with E-state index in [9.17, 15) is 4.79 Å². The summed E-state index contributed by atoms with van der Waals surface area (Å²) < 4.78 is 6.29. The summed E-state index contributed by atoms with van der Waals surface area (Å²) in [7, 11) is 1.86. The number of carbonyl (C=O) groups excluding carboxylic acids is 1. The van der Waals surface area contributed by atoms with Crippen molar-refractivity contribution in [3.63, 3.8) is 0 Å². The van der Waals surface area contributed by atoms with Crippen molar-refractivity contribution < 1.29 is 9.53 Å². The van der Waals surface area contributed by atoms with E-state index in [1.807, 2.05) is 30.1 Å². The van der Waals surface area contributed by atoms with Gasteiger partial charge in [-0.25, -0.2) is 4.98 Å². The van der Waals surface area contributed by atoms with Gasteiger partial charge in [0.25, 0.3) is 5.91 Å². The summed E-state index contributed by atoms with van der Waals surface area (Å²) in [6.07, 6.45) is 1.80. The van der Waals surface area contributed by atoms with Crippen LogP contribution in [0.25, 0.3) is 10.2 Å². The first-order chi connectivity index (χ1) is 9.65. The number of hydrogen-bond donors (Lipinski definition) is 1. The van der Waals surface area contributed by atoms with Crippen molar-refractivity contribution >= 4 is 32.6 Å². The van der Waals surface area contributed by atoms with Gasteiger partial charge in [0.1, 0.15) is 0 Å². The molecule has 3 rings (SSSR count). The first-order valence-electron chi connectivity index (χ1n) is 6.66. The zero-order valence-electron chi connectivity index (χ0n) is 11.3. The summed E-state index contributed by atoms with van der Waals surface area (Å²) in [5, 5.41) is 0.530. The molecule has 20 heavy (non-hydrogen) atoms. The molecule has 0 saturated carbocycles. The van der Waals surface area contributed by atoms with E-state index in [0.717, 1.165) is 36.3 Å². The maximum absolute atomic E-state index is 12.5. The van der Waals surface area contributed by atoms with Gasteiger partial charge in [0, 0.05) is 31.9 Å². The van der Waals surface area contributed by atoms with Crippen molar-refractivity contribution in [2.45, 2.75) is 18.9 Å². The number of fused-ring (bicyclic) bond motifs is 1. The van der Waals surface area contributed by atoms with Gasteiger partial charge in [-0.3, -0.25) is 4.79 Å². The molecule has 2 aromatic rings. The number of carbonyl (C=O) groups is 1. The van der Waals surface area contributed by atoms with Crippen LogP contribution in [0.5, 0.6) is 0 Å². The highest BCUT2D eigenvalue weighted by atomic mass is 32.1. The maximum atomic E-state index is 12.5. The number of amides is 1. The maximum Gasteiger partial charge on any atom is 0.253 e. The first kappa shape index (κ1) is 13.3. The fourth-order valence-corrected chi connectivity index (χ4v) is 3.29. The van der Waals surface area contributed by atoms with E-state index >= 15 is 0 Å². The largest absolute Gasteiger partial charge is 0.381 e. The molecule has 1 fully saturated rings. The summed E-state index contributed by atoms with van der Waals surface area (Å²) in [5.74, 6) is 0.0470. The molecule has 1 aliphatic rings. The number of hydrogen-bond acceptors (Lipinski definition) is 5. The molecular weight excluding hydrogens is 274 g/mol. The molecule has 1 aromatic heterocycles. The summed E-state index contributed by atoms with van der Waals surface area (Å²) in [6, 6.07) is 5.81. The van der Waals surface area contributed by atoms with Crippen molar-refractivity contribution in [2.24, 2.45) is 0 Å². The van der Waals surface area contributed by atoms with Gasteiger partial charge in [-0.05, 0) is 31.0 Å². The predicted octanol–water partition coefficient (Wildman–Crippen LogP) is 2.13. The van der Waals surface area contributed by atoms with Crippen LogP contribution in [0, 0.1) is 0 Å². The zero-order valence-corrected chi connectivity index (χ0v) is 12.2. The molecule has 5 nitrogen and oxygen atoms in total. The average molecular weight is 291 g/mol. The molecule has 106 valence electrons. The molecule has 0 unspecified atom stereocenters. The zero-order chi connectivity index (χ0) is 14.1. The highest BCUT2D eigenvalue weighted by Crippen LogP contribution is 2.25. The molecular formula is C14H17N3O2S. The minimum absolute atomic E-state index is 0.0470. The Morgan fingerprint density at radius 2 is 2.20 bits per heavy atom. The van der Waals surface area contributed by atoms with Crippen molar-refractivity contribution in [3.05, 3.63) is 23.8 Å². The van der Waals surface area contributed by atoms with Crippen molar-refractivity contribution in [1.29, 1.82) is 0 Å². The lowest BCUT2D eigenvalue weighted by atomic mass is 10.1. The van der Waals surface area contributed by atoms with Crippen LogP contribution in [0.4, 0.5) is 5.13 Å². The lowest BCUT2D eigenvalue weighted by Gasteiger charge is -2.31. The topological polar surface area (TPSA) is 68.5 Å². The van der Waals surface area contributed by atoms with E-state index < -0.39 is 0 Å². The van der Waals surface area contributed by atoms with Gasteiger partial charge in [-0.15, -0.1) is 0 Å². The Labute approximate surface area is 121 Å². The summed E-state index contributed by atoms with van der Waals surface area (Å²) in [4.78, 5) is 18.6. The van der Waals surface area contributed by atoms with Gasteiger partial charge < -0.3 is 15.4 Å². The number of thiazole rings is 1. The molecule has 0 radical (unpaired) electrons. The SMILES string of the molecule is CN(C(=O)c1ccc2nc(N)sc2c1)C1CCOCC1. The van der Waals surface area contributed by atoms with Crippen LogP contribution in [0.15, 0.2) is 18.2 Å². The summed E-state index contributed by atoms with van der Waals surface area (Å²) in [5.41, 5.74) is 7.23. The normalized spacial score (nSPS) is 16.4. The van der Waals surface area contributed by atoms with E-state index in [4.69, 9.17) is 10.5 Å². The van der Waals surface area contributed by atoms with E-state index in [0.29, 0.717) is 10.7 Å². The Hall–Kier alpha value is -1.66. The summed E-state index contributed by atoms with van der Waals surface area (Å²) >= 11 is 1.41. The third-order valence-electron chi connectivity index (χ3n) is 3.71. The van der Waals surface area contributed by atoms with Crippen molar-refractivity contribution in [3.8, 4) is 0 Å². The van der Waals surface area contributed by atoms with E-state index in [1.54, 1.807) is 0 Å². The lowest BCUT2D eigenvalue weighted by Crippen LogP contribution is -2.40. The smallest absolute Gasteiger partial charge is 0.253 e. The predicted molar refractivity (Wildman–Crippen MR) is 80.0 cm³/mol. The molecule has 6 heteroatoms. The van der Waals surface area contributed by atoms with Crippen LogP contribution in [-0.2, 0) is 4.74 Å². The number of ether oxygens (including phenoxy) is 1. The Bertz CT molecular complexity index is 634. The lowest BCUT2D eigenvalue weighted by molar-refractivity contribution is 0.0362. The number of nitrogen functional groups attached to an aromatic ring is 1. The summed E-state index contributed by atoms with van der Waals surface area (Å²) in [6.45, 7) is 1.46. The fraction of sp³-hybridized carbons (Fsp3) is 0.429. The number of nitrogens with two attached hydrogens (primary N) is 1. The van der Waals surface area contributed by atoms with Gasteiger partial charge >= 0.3 is 0 Å². The second-order valence-corrected chi connectivity index (χ2v) is 6.06. The monoisotopic (exact) mass is 291 g/mol.